The van der Waals surface area contributed by atoms with Crippen LogP contribution in [0.4, 0.5) is 17.6 Å². The maximum absolute atomic E-state index is 13.0. The first-order chi connectivity index (χ1) is 7.38. The van der Waals surface area contributed by atoms with Gasteiger partial charge in [0.15, 0.2) is 5.75 Å². The molecule has 0 spiro atoms. The minimum absolute atomic E-state index is 0.0687. The first-order valence-electron chi connectivity index (χ1n) is 4.26. The lowest BCUT2D eigenvalue weighted by Crippen LogP contribution is -2.24. The number of halogens is 4. The fourth-order valence-electron chi connectivity index (χ4n) is 1.04. The Morgan fingerprint density at radius 1 is 1.50 bits per heavy atom. The van der Waals surface area contributed by atoms with Gasteiger partial charge in [-0.25, -0.2) is 4.98 Å². The maximum atomic E-state index is 13.0. The van der Waals surface area contributed by atoms with E-state index in [-0.39, 0.29) is 6.61 Å². The third-order valence-electron chi connectivity index (χ3n) is 1.65. The Morgan fingerprint density at radius 3 is 2.62 bits per heavy atom. The minimum atomic E-state index is -5.07. The average Bonchev–Trinajstić information content (AvgIpc) is 2.19. The molecule has 0 radical (unpaired) electrons. The molecule has 0 amide bonds. The number of Topliss-reactive ketones (excluding diaryl/α,β-unsaturated/α-hetero) is 1. The van der Waals surface area contributed by atoms with Gasteiger partial charge in [0.25, 0.3) is 11.7 Å². The topological polar surface area (TPSA) is 39.2 Å². The Bertz CT molecular complexity index is 403. The van der Waals surface area contributed by atoms with E-state index in [1.807, 2.05) is 0 Å². The Kier molecular flexibility index (Phi) is 3.46. The van der Waals surface area contributed by atoms with Crippen LogP contribution in [0.15, 0.2) is 12.3 Å². The summed E-state index contributed by atoms with van der Waals surface area (Å²) in [6, 6.07) is 0.768. The summed E-state index contributed by atoms with van der Waals surface area (Å²) in [4.78, 5) is 14.0. The molecule has 1 rings (SSSR count). The van der Waals surface area contributed by atoms with Gasteiger partial charge in [-0.2, -0.15) is 17.6 Å². The number of hydrogen-bond acceptors (Lipinski definition) is 3. The molecular weight excluding hydrogens is 230 g/mol. The molecule has 1 heterocycles. The van der Waals surface area contributed by atoms with Crippen molar-refractivity contribution in [2.24, 2.45) is 0 Å². The molecular formula is C9H7F4NO2. The molecule has 16 heavy (non-hydrogen) atoms. The number of carbonyl (C=O) groups is 1. The van der Waals surface area contributed by atoms with Crippen LogP contribution in [0, 0.1) is 5.95 Å². The summed E-state index contributed by atoms with van der Waals surface area (Å²) in [6.45, 7) is 1.38. The number of ketones is 1. The number of carbonyl (C=O) groups excluding carboxylic acids is 1. The highest BCUT2D eigenvalue weighted by molar-refractivity contribution is 6.02. The van der Waals surface area contributed by atoms with Crippen LogP contribution in [0.1, 0.15) is 17.3 Å². The van der Waals surface area contributed by atoms with E-state index in [0.717, 1.165) is 12.3 Å². The molecule has 0 atom stereocenters. The molecule has 88 valence electrons. The van der Waals surface area contributed by atoms with Crippen LogP contribution < -0.4 is 4.74 Å². The van der Waals surface area contributed by atoms with E-state index in [1.54, 1.807) is 0 Å². The van der Waals surface area contributed by atoms with Crippen molar-refractivity contribution in [3.63, 3.8) is 0 Å². The summed E-state index contributed by atoms with van der Waals surface area (Å²) < 4.78 is 54.1. The van der Waals surface area contributed by atoms with Gasteiger partial charge in [-0.1, -0.05) is 0 Å². The van der Waals surface area contributed by atoms with E-state index in [2.05, 4.69) is 9.72 Å². The fourth-order valence-corrected chi connectivity index (χ4v) is 1.04. The lowest BCUT2D eigenvalue weighted by atomic mass is 10.1. The maximum Gasteiger partial charge on any atom is 0.455 e. The summed E-state index contributed by atoms with van der Waals surface area (Å²) in [5, 5.41) is 0. The highest BCUT2D eigenvalue weighted by Crippen LogP contribution is 2.28. The Labute approximate surface area is 88.0 Å². The first kappa shape index (κ1) is 12.4. The van der Waals surface area contributed by atoms with Crippen molar-refractivity contribution in [3.8, 4) is 5.75 Å². The average molecular weight is 237 g/mol. The second kappa shape index (κ2) is 4.46. The van der Waals surface area contributed by atoms with Crippen molar-refractivity contribution < 1.29 is 27.1 Å². The molecule has 0 aliphatic rings. The Hall–Kier alpha value is -1.66. The van der Waals surface area contributed by atoms with E-state index in [0.29, 0.717) is 0 Å². The highest BCUT2D eigenvalue weighted by atomic mass is 19.4. The van der Waals surface area contributed by atoms with Gasteiger partial charge in [0.1, 0.15) is 0 Å². The predicted molar refractivity (Wildman–Crippen MR) is 45.7 cm³/mol. The fraction of sp³-hybridized carbons (Fsp3) is 0.333. The molecule has 0 aliphatic heterocycles. The zero-order chi connectivity index (χ0) is 12.3. The van der Waals surface area contributed by atoms with E-state index < -0.39 is 29.2 Å². The summed E-state index contributed by atoms with van der Waals surface area (Å²) in [5.41, 5.74) is -0.873. The Balaban J connectivity index is 3.23. The Morgan fingerprint density at radius 2 is 2.12 bits per heavy atom. The number of nitrogens with zero attached hydrogens (tertiary/aromatic N) is 1. The van der Waals surface area contributed by atoms with E-state index in [9.17, 15) is 22.4 Å². The number of hydrogen-bond donors (Lipinski definition) is 0. The molecule has 0 aromatic carbocycles. The molecule has 1 aromatic heterocycles. The van der Waals surface area contributed by atoms with Gasteiger partial charge in [-0.15, -0.1) is 0 Å². The molecule has 0 unspecified atom stereocenters. The van der Waals surface area contributed by atoms with Gasteiger partial charge in [-0.3, -0.25) is 4.79 Å². The van der Waals surface area contributed by atoms with Crippen LogP contribution in [-0.4, -0.2) is 23.6 Å². The highest BCUT2D eigenvalue weighted by Gasteiger charge is 2.41. The van der Waals surface area contributed by atoms with Crippen molar-refractivity contribution >= 4 is 5.78 Å². The summed E-state index contributed by atoms with van der Waals surface area (Å²) in [5.74, 6) is -4.17. The van der Waals surface area contributed by atoms with Gasteiger partial charge in [-0.05, 0) is 13.0 Å². The summed E-state index contributed by atoms with van der Waals surface area (Å²) >= 11 is 0. The molecule has 1 aromatic rings. The van der Waals surface area contributed by atoms with Crippen LogP contribution in [0.3, 0.4) is 0 Å². The molecule has 7 heteroatoms. The SMILES string of the molecule is CCOc1c(C(=O)C(F)(F)F)ccnc1F. The number of aromatic nitrogens is 1. The lowest BCUT2D eigenvalue weighted by molar-refractivity contribution is -0.0887. The first-order valence-corrected chi connectivity index (χ1v) is 4.26. The number of ether oxygens (including phenoxy) is 1. The molecule has 0 aliphatic carbocycles. The van der Waals surface area contributed by atoms with Crippen LogP contribution in [0.2, 0.25) is 0 Å². The normalized spacial score (nSPS) is 11.3. The van der Waals surface area contributed by atoms with Crippen LogP contribution >= 0.6 is 0 Å². The lowest BCUT2D eigenvalue weighted by Gasteiger charge is -2.10. The second-order valence-corrected chi connectivity index (χ2v) is 2.74. The third kappa shape index (κ3) is 2.47. The number of rotatable bonds is 3. The van der Waals surface area contributed by atoms with Crippen LogP contribution in [0.5, 0.6) is 5.75 Å². The largest absolute Gasteiger partial charge is 0.488 e. The summed E-state index contributed by atoms with van der Waals surface area (Å²) in [6.07, 6.45) is -4.30. The molecule has 0 saturated heterocycles. The van der Waals surface area contributed by atoms with Crippen molar-refractivity contribution in [2.45, 2.75) is 13.1 Å². The molecule has 0 fully saturated rings. The van der Waals surface area contributed by atoms with Gasteiger partial charge < -0.3 is 4.74 Å². The van der Waals surface area contributed by atoms with E-state index in [1.165, 1.54) is 6.92 Å². The zero-order valence-electron chi connectivity index (χ0n) is 8.14. The minimum Gasteiger partial charge on any atom is -0.488 e. The zero-order valence-corrected chi connectivity index (χ0v) is 8.14. The monoisotopic (exact) mass is 237 g/mol. The smallest absolute Gasteiger partial charge is 0.455 e. The summed E-state index contributed by atoms with van der Waals surface area (Å²) in [7, 11) is 0. The number of alkyl halides is 3. The van der Waals surface area contributed by atoms with Crippen molar-refractivity contribution in [1.29, 1.82) is 0 Å². The quantitative estimate of drug-likeness (QED) is 0.460. The second-order valence-electron chi connectivity index (χ2n) is 2.74. The van der Waals surface area contributed by atoms with Gasteiger partial charge in [0, 0.05) is 6.20 Å². The van der Waals surface area contributed by atoms with Gasteiger partial charge >= 0.3 is 6.18 Å². The molecule has 0 saturated carbocycles. The van der Waals surface area contributed by atoms with Crippen molar-refractivity contribution in [1.82, 2.24) is 4.98 Å². The van der Waals surface area contributed by atoms with E-state index >= 15 is 0 Å². The van der Waals surface area contributed by atoms with Crippen LogP contribution in [-0.2, 0) is 0 Å². The standard InChI is InChI=1S/C9H7F4NO2/c1-2-16-6-5(3-4-14-8(6)10)7(15)9(11,12)13/h3-4H,2H2,1H3. The number of pyridine rings is 1. The predicted octanol–water partition coefficient (Wildman–Crippen LogP) is 2.36. The molecule has 0 N–H and O–H groups in total. The van der Waals surface area contributed by atoms with Crippen LogP contribution in [0.25, 0.3) is 0 Å². The molecule has 0 bridgehead atoms. The van der Waals surface area contributed by atoms with Crippen molar-refractivity contribution in [3.05, 3.63) is 23.8 Å². The van der Waals surface area contributed by atoms with Gasteiger partial charge in [0.2, 0.25) is 0 Å². The van der Waals surface area contributed by atoms with E-state index in [4.69, 9.17) is 0 Å². The van der Waals surface area contributed by atoms with Gasteiger partial charge in [0.05, 0.1) is 12.2 Å². The van der Waals surface area contributed by atoms with Crippen molar-refractivity contribution in [2.75, 3.05) is 6.61 Å². The molecule has 3 nitrogen and oxygen atoms in total. The third-order valence-corrected chi connectivity index (χ3v) is 1.65.